The third kappa shape index (κ3) is 7.02. The van der Waals surface area contributed by atoms with Crippen LogP contribution >= 0.6 is 0 Å². The number of amides is 2. The molecule has 30 heavy (non-hydrogen) atoms. The molecule has 1 aromatic carbocycles. The number of rotatable bonds is 8. The smallest absolute Gasteiger partial charge is 0.223 e. The number of benzene rings is 1. The van der Waals surface area contributed by atoms with Gasteiger partial charge in [-0.05, 0) is 55.7 Å². The van der Waals surface area contributed by atoms with E-state index in [2.05, 4.69) is 5.32 Å². The predicted octanol–water partition coefficient (Wildman–Crippen LogP) is 3.02. The number of likely N-dealkylation sites (tertiary alicyclic amines) is 1. The molecule has 0 radical (unpaired) electrons. The zero-order valence-electron chi connectivity index (χ0n) is 17.4. The fourth-order valence-corrected chi connectivity index (χ4v) is 4.00. The van der Waals surface area contributed by atoms with Gasteiger partial charge in [0.05, 0.1) is 6.61 Å². The highest BCUT2D eigenvalue weighted by atomic mass is 19.2. The van der Waals surface area contributed by atoms with Crippen LogP contribution in [0.3, 0.4) is 0 Å². The Balaban J connectivity index is 1.35. The van der Waals surface area contributed by atoms with Crippen LogP contribution in [-0.2, 0) is 21.0 Å². The minimum absolute atomic E-state index is 0.120. The zero-order valence-corrected chi connectivity index (χ0v) is 17.4. The normalized spacial score (nSPS) is 20.2. The number of carbonyl (C=O) groups excluding carboxylic acids is 2. The van der Waals surface area contributed by atoms with E-state index in [9.17, 15) is 18.4 Å². The molecule has 8 heteroatoms. The Morgan fingerprint density at radius 3 is 2.73 bits per heavy atom. The van der Waals surface area contributed by atoms with Gasteiger partial charge >= 0.3 is 0 Å². The topological polar surface area (TPSA) is 61.9 Å². The molecule has 2 fully saturated rings. The van der Waals surface area contributed by atoms with E-state index in [1.807, 2.05) is 9.96 Å². The van der Waals surface area contributed by atoms with Crippen LogP contribution in [0.1, 0.15) is 50.5 Å². The van der Waals surface area contributed by atoms with Gasteiger partial charge in [0.25, 0.3) is 0 Å². The van der Waals surface area contributed by atoms with E-state index in [1.54, 1.807) is 0 Å². The summed E-state index contributed by atoms with van der Waals surface area (Å²) in [7, 11) is 0. The second-order valence-corrected chi connectivity index (χ2v) is 8.13. The number of hydroxylamine groups is 2. The van der Waals surface area contributed by atoms with Crippen LogP contribution in [0.15, 0.2) is 18.2 Å². The first-order chi connectivity index (χ1) is 14.5. The van der Waals surface area contributed by atoms with Gasteiger partial charge in [0.1, 0.15) is 0 Å². The van der Waals surface area contributed by atoms with Gasteiger partial charge in [-0.1, -0.05) is 6.07 Å². The number of nitrogens with one attached hydrogen (secondary N) is 1. The minimum atomic E-state index is -0.916. The average Bonchev–Trinajstić information content (AvgIpc) is 2.77. The molecule has 1 N–H and O–H groups in total. The molecule has 166 valence electrons. The molecule has 2 heterocycles. The van der Waals surface area contributed by atoms with E-state index in [1.165, 1.54) is 6.07 Å². The Hall–Kier alpha value is -2.06. The van der Waals surface area contributed by atoms with Crippen molar-refractivity contribution in [1.29, 1.82) is 0 Å². The molecule has 2 amide bonds. The highest BCUT2D eigenvalue weighted by Crippen LogP contribution is 2.22. The maximum absolute atomic E-state index is 13.2. The van der Waals surface area contributed by atoms with Gasteiger partial charge in [0.2, 0.25) is 11.8 Å². The number of carbonyl (C=O) groups is 2. The van der Waals surface area contributed by atoms with E-state index >= 15 is 0 Å². The molecule has 0 bridgehead atoms. The fraction of sp³-hybridized carbons (Fsp3) is 0.636. The van der Waals surface area contributed by atoms with Crippen molar-refractivity contribution < 1.29 is 23.2 Å². The lowest BCUT2D eigenvalue weighted by Gasteiger charge is -2.33. The summed E-state index contributed by atoms with van der Waals surface area (Å²) in [5.41, 5.74) is 0.523. The van der Waals surface area contributed by atoms with Crippen molar-refractivity contribution in [3.8, 4) is 0 Å². The van der Waals surface area contributed by atoms with E-state index in [4.69, 9.17) is 4.84 Å². The van der Waals surface area contributed by atoms with Gasteiger partial charge in [0, 0.05) is 45.6 Å². The molecule has 0 aliphatic carbocycles. The molecular weight excluding hydrogens is 392 g/mol. The van der Waals surface area contributed by atoms with Crippen molar-refractivity contribution in [3.63, 3.8) is 0 Å². The van der Waals surface area contributed by atoms with E-state index in [0.717, 1.165) is 57.5 Å². The van der Waals surface area contributed by atoms with E-state index in [0.29, 0.717) is 43.8 Å². The second-order valence-electron chi connectivity index (χ2n) is 8.13. The van der Waals surface area contributed by atoms with Crippen LogP contribution in [0.2, 0.25) is 0 Å². The summed E-state index contributed by atoms with van der Waals surface area (Å²) in [6.07, 6.45) is 5.68. The third-order valence-electron chi connectivity index (χ3n) is 5.78. The van der Waals surface area contributed by atoms with Gasteiger partial charge in [-0.3, -0.25) is 14.4 Å². The molecule has 1 unspecified atom stereocenters. The minimum Gasteiger partial charge on any atom is -0.352 e. The largest absolute Gasteiger partial charge is 0.352 e. The molecule has 2 saturated heterocycles. The Morgan fingerprint density at radius 2 is 1.97 bits per heavy atom. The Labute approximate surface area is 176 Å². The fourth-order valence-electron chi connectivity index (χ4n) is 4.00. The average molecular weight is 424 g/mol. The van der Waals surface area contributed by atoms with Crippen LogP contribution in [0.25, 0.3) is 0 Å². The quantitative estimate of drug-likeness (QED) is 0.698. The first kappa shape index (κ1) is 22.6. The molecule has 0 spiro atoms. The number of piperidine rings is 1. The van der Waals surface area contributed by atoms with E-state index < -0.39 is 11.6 Å². The Bertz CT molecular complexity index is 726. The number of hydrogen-bond acceptors (Lipinski definition) is 4. The lowest BCUT2D eigenvalue weighted by Crippen LogP contribution is -2.42. The van der Waals surface area contributed by atoms with Crippen molar-refractivity contribution in [2.45, 2.75) is 51.5 Å². The van der Waals surface area contributed by atoms with Crippen LogP contribution in [0.5, 0.6) is 0 Å². The third-order valence-corrected chi connectivity index (χ3v) is 5.78. The maximum atomic E-state index is 13.2. The van der Waals surface area contributed by atoms with Crippen molar-refractivity contribution in [2.75, 3.05) is 32.8 Å². The zero-order chi connectivity index (χ0) is 21.3. The molecule has 1 atom stereocenters. The summed E-state index contributed by atoms with van der Waals surface area (Å²) in [6, 6.07) is 3.61. The Kier molecular flexibility index (Phi) is 8.57. The summed E-state index contributed by atoms with van der Waals surface area (Å²) >= 11 is 0. The summed E-state index contributed by atoms with van der Waals surface area (Å²) in [5.74, 6) is -1.48. The molecule has 2 aliphatic heterocycles. The lowest BCUT2D eigenvalue weighted by atomic mass is 9.93. The summed E-state index contributed by atoms with van der Waals surface area (Å²) < 4.78 is 26.2. The molecule has 3 rings (SSSR count). The molecule has 6 nitrogen and oxygen atoms in total. The molecule has 1 aromatic rings. The van der Waals surface area contributed by atoms with Gasteiger partial charge < -0.3 is 10.2 Å². The highest BCUT2D eigenvalue weighted by Gasteiger charge is 2.24. The van der Waals surface area contributed by atoms with Crippen LogP contribution in [0, 0.1) is 17.6 Å². The van der Waals surface area contributed by atoms with Crippen molar-refractivity contribution in [3.05, 3.63) is 35.4 Å². The standard InChI is InChI=1S/C22H31F2N3O3/c23-19-7-5-18(14-20(19)24)15-25-21(28)8-6-17-4-3-10-26(16-17)22(29)9-12-27-11-1-2-13-30-27/h5,7,14,17H,1-4,6,8-13,15-16H2,(H,25,28). The van der Waals surface area contributed by atoms with Gasteiger partial charge in [-0.2, -0.15) is 5.06 Å². The highest BCUT2D eigenvalue weighted by molar-refractivity contribution is 5.77. The Morgan fingerprint density at radius 1 is 1.10 bits per heavy atom. The predicted molar refractivity (Wildman–Crippen MR) is 108 cm³/mol. The van der Waals surface area contributed by atoms with Crippen LogP contribution < -0.4 is 5.32 Å². The van der Waals surface area contributed by atoms with Gasteiger partial charge in [-0.25, -0.2) is 8.78 Å². The first-order valence-electron chi connectivity index (χ1n) is 10.9. The van der Waals surface area contributed by atoms with Crippen LogP contribution in [0.4, 0.5) is 8.78 Å². The van der Waals surface area contributed by atoms with Gasteiger partial charge in [0.15, 0.2) is 11.6 Å². The van der Waals surface area contributed by atoms with Crippen molar-refractivity contribution >= 4 is 11.8 Å². The summed E-state index contributed by atoms with van der Waals surface area (Å²) in [5, 5.41) is 4.64. The second kappa shape index (κ2) is 11.4. The van der Waals surface area contributed by atoms with Gasteiger partial charge in [-0.15, -0.1) is 0 Å². The monoisotopic (exact) mass is 423 g/mol. The maximum Gasteiger partial charge on any atom is 0.223 e. The van der Waals surface area contributed by atoms with Crippen LogP contribution in [-0.4, -0.2) is 54.6 Å². The number of hydrogen-bond donors (Lipinski definition) is 1. The number of nitrogens with zero attached hydrogens (tertiary/aromatic N) is 2. The first-order valence-corrected chi connectivity index (χ1v) is 10.9. The van der Waals surface area contributed by atoms with Crippen molar-refractivity contribution in [1.82, 2.24) is 15.3 Å². The van der Waals surface area contributed by atoms with E-state index in [-0.39, 0.29) is 18.4 Å². The lowest BCUT2D eigenvalue weighted by molar-refractivity contribution is -0.182. The molecular formula is C22H31F2N3O3. The number of halogens is 2. The molecule has 0 saturated carbocycles. The van der Waals surface area contributed by atoms with Crippen molar-refractivity contribution in [2.24, 2.45) is 5.92 Å². The molecule has 0 aromatic heterocycles. The molecule has 2 aliphatic rings. The summed E-state index contributed by atoms with van der Waals surface area (Å²) in [6.45, 7) is 3.89. The summed E-state index contributed by atoms with van der Waals surface area (Å²) in [4.78, 5) is 32.1. The SMILES string of the molecule is O=C(CCC1CCCN(C(=O)CCN2CCCCO2)C1)NCc1ccc(F)c(F)c1.